The summed E-state index contributed by atoms with van der Waals surface area (Å²) >= 11 is 0. The molecule has 1 aromatic carbocycles. The van der Waals surface area contributed by atoms with E-state index in [0.717, 1.165) is 23.9 Å². The highest BCUT2D eigenvalue weighted by Crippen LogP contribution is 2.33. The Kier molecular flexibility index (Phi) is 6.02. The number of rotatable bonds is 6. The molecule has 1 nitrogen and oxygen atoms in total. The quantitative estimate of drug-likeness (QED) is 0.730. The zero-order valence-corrected chi connectivity index (χ0v) is 14.7. The van der Waals surface area contributed by atoms with Gasteiger partial charge in [-0.15, -0.1) is 0 Å². The lowest BCUT2D eigenvalue weighted by Gasteiger charge is -2.35. The topological polar surface area (TPSA) is 12.0 Å². The molecular weight excluding hydrogens is 273 g/mol. The van der Waals surface area contributed by atoms with Crippen molar-refractivity contribution < 1.29 is 4.39 Å². The second-order valence-corrected chi connectivity index (χ2v) is 8.05. The third-order valence-electron chi connectivity index (χ3n) is 5.24. The van der Waals surface area contributed by atoms with Crippen molar-refractivity contribution in [2.75, 3.05) is 6.54 Å². The summed E-state index contributed by atoms with van der Waals surface area (Å²) in [5.74, 6) is 1.98. The van der Waals surface area contributed by atoms with Crippen molar-refractivity contribution in [3.63, 3.8) is 0 Å². The molecule has 0 bridgehead atoms. The lowest BCUT2D eigenvalue weighted by molar-refractivity contribution is 0.217. The summed E-state index contributed by atoms with van der Waals surface area (Å²) in [6.45, 7) is 10.1. The minimum absolute atomic E-state index is 0.139. The molecule has 0 aromatic heterocycles. The van der Waals surface area contributed by atoms with Gasteiger partial charge in [0.1, 0.15) is 5.82 Å². The Labute approximate surface area is 135 Å². The number of hydrogen-bond acceptors (Lipinski definition) is 1. The van der Waals surface area contributed by atoms with E-state index < -0.39 is 0 Å². The second-order valence-electron chi connectivity index (χ2n) is 8.05. The summed E-state index contributed by atoms with van der Waals surface area (Å²) in [5.41, 5.74) is 1.24. The Morgan fingerprint density at radius 1 is 1.23 bits per heavy atom. The largest absolute Gasteiger partial charge is 0.311 e. The van der Waals surface area contributed by atoms with E-state index in [1.54, 1.807) is 12.1 Å². The first-order valence-electron chi connectivity index (χ1n) is 8.86. The van der Waals surface area contributed by atoms with Crippen LogP contribution in [0.25, 0.3) is 0 Å². The van der Waals surface area contributed by atoms with Gasteiger partial charge < -0.3 is 5.32 Å². The molecule has 1 aromatic rings. The van der Waals surface area contributed by atoms with Crippen LogP contribution in [-0.4, -0.2) is 12.1 Å². The Bertz CT molecular complexity index is 461. The van der Waals surface area contributed by atoms with Crippen LogP contribution in [0, 0.1) is 17.7 Å². The van der Waals surface area contributed by atoms with Crippen molar-refractivity contribution in [2.24, 2.45) is 11.8 Å². The van der Waals surface area contributed by atoms with Crippen LogP contribution in [0.5, 0.6) is 0 Å². The molecule has 1 saturated carbocycles. The van der Waals surface area contributed by atoms with Gasteiger partial charge in [-0.05, 0) is 55.7 Å². The zero-order chi connectivity index (χ0) is 16.2. The molecule has 0 amide bonds. The molecule has 1 aliphatic rings. The smallest absolute Gasteiger partial charge is 0.123 e. The fourth-order valence-corrected chi connectivity index (χ4v) is 3.69. The van der Waals surface area contributed by atoms with Crippen LogP contribution in [0.2, 0.25) is 0 Å². The normalized spacial score (nSPS) is 24.2. The predicted octanol–water partition coefficient (Wildman–Crippen LogP) is 5.51. The minimum Gasteiger partial charge on any atom is -0.311 e. The monoisotopic (exact) mass is 305 g/mol. The Morgan fingerprint density at radius 3 is 2.55 bits per heavy atom. The maximum Gasteiger partial charge on any atom is 0.123 e. The van der Waals surface area contributed by atoms with Gasteiger partial charge >= 0.3 is 0 Å². The molecule has 1 unspecified atom stereocenters. The van der Waals surface area contributed by atoms with E-state index in [0.29, 0.717) is 5.92 Å². The van der Waals surface area contributed by atoms with Crippen LogP contribution in [0.4, 0.5) is 4.39 Å². The molecule has 1 fully saturated rings. The molecule has 0 saturated heterocycles. The van der Waals surface area contributed by atoms with Crippen LogP contribution in [0.3, 0.4) is 0 Å². The van der Waals surface area contributed by atoms with Crippen LogP contribution in [0.1, 0.15) is 71.3 Å². The highest BCUT2D eigenvalue weighted by atomic mass is 19.1. The Morgan fingerprint density at radius 2 is 1.91 bits per heavy atom. The average molecular weight is 305 g/mol. The lowest BCUT2D eigenvalue weighted by atomic mass is 9.77. The van der Waals surface area contributed by atoms with Gasteiger partial charge in [0.15, 0.2) is 0 Å². The molecule has 124 valence electrons. The van der Waals surface area contributed by atoms with E-state index in [4.69, 9.17) is 0 Å². The molecule has 0 heterocycles. The van der Waals surface area contributed by atoms with Gasteiger partial charge in [-0.3, -0.25) is 0 Å². The van der Waals surface area contributed by atoms with Crippen molar-refractivity contribution in [3.8, 4) is 0 Å². The molecule has 1 N–H and O–H groups in total. The maximum atomic E-state index is 13.3. The van der Waals surface area contributed by atoms with E-state index in [1.165, 1.54) is 38.2 Å². The van der Waals surface area contributed by atoms with Gasteiger partial charge in [0.2, 0.25) is 0 Å². The van der Waals surface area contributed by atoms with Gasteiger partial charge in [-0.25, -0.2) is 4.39 Å². The molecule has 0 radical (unpaired) electrons. The van der Waals surface area contributed by atoms with Gasteiger partial charge in [0.25, 0.3) is 0 Å². The van der Waals surface area contributed by atoms with E-state index in [-0.39, 0.29) is 11.4 Å². The summed E-state index contributed by atoms with van der Waals surface area (Å²) < 4.78 is 13.3. The molecule has 0 aliphatic heterocycles. The van der Waals surface area contributed by atoms with Crippen LogP contribution < -0.4 is 5.32 Å². The van der Waals surface area contributed by atoms with Crippen molar-refractivity contribution in [1.82, 2.24) is 5.32 Å². The van der Waals surface area contributed by atoms with E-state index >= 15 is 0 Å². The summed E-state index contributed by atoms with van der Waals surface area (Å²) in [5, 5.41) is 3.71. The van der Waals surface area contributed by atoms with Crippen molar-refractivity contribution in [3.05, 3.63) is 35.6 Å². The van der Waals surface area contributed by atoms with E-state index in [1.807, 2.05) is 6.07 Å². The first kappa shape index (κ1) is 17.5. The number of hydrogen-bond donors (Lipinski definition) is 1. The molecule has 1 atom stereocenters. The highest BCUT2D eigenvalue weighted by Gasteiger charge is 2.26. The van der Waals surface area contributed by atoms with Gasteiger partial charge in [0, 0.05) is 12.1 Å². The number of benzene rings is 1. The molecular formula is C20H32FN. The van der Waals surface area contributed by atoms with Crippen LogP contribution in [0.15, 0.2) is 24.3 Å². The maximum absolute atomic E-state index is 13.3. The standard InChI is InChI=1S/C20H32FN/c1-15-8-10-17(11-9-15)13-20(3,4)22-14-16(2)18-6-5-7-19(21)12-18/h5-7,12,15-17,22H,8-11,13-14H2,1-4H3. The van der Waals surface area contributed by atoms with Crippen molar-refractivity contribution in [2.45, 2.75) is 71.3 Å². The zero-order valence-electron chi connectivity index (χ0n) is 14.7. The first-order chi connectivity index (χ1) is 10.4. The van der Waals surface area contributed by atoms with E-state index in [2.05, 4.69) is 33.0 Å². The third-order valence-corrected chi connectivity index (χ3v) is 5.24. The summed E-state index contributed by atoms with van der Waals surface area (Å²) in [6.07, 6.45) is 6.79. The Hall–Kier alpha value is -0.890. The fourth-order valence-electron chi connectivity index (χ4n) is 3.69. The second kappa shape index (κ2) is 7.59. The van der Waals surface area contributed by atoms with Crippen molar-refractivity contribution >= 4 is 0 Å². The summed E-state index contributed by atoms with van der Waals surface area (Å²) in [7, 11) is 0. The van der Waals surface area contributed by atoms with Gasteiger partial charge in [0.05, 0.1) is 0 Å². The Balaban J connectivity index is 1.81. The molecule has 22 heavy (non-hydrogen) atoms. The number of halogens is 1. The predicted molar refractivity (Wildman–Crippen MR) is 92.6 cm³/mol. The summed E-state index contributed by atoms with van der Waals surface area (Å²) in [4.78, 5) is 0. The first-order valence-corrected chi connectivity index (χ1v) is 8.86. The SMILES string of the molecule is CC1CCC(CC(C)(C)NCC(C)c2cccc(F)c2)CC1. The molecule has 1 aliphatic carbocycles. The minimum atomic E-state index is -0.139. The number of nitrogens with one attached hydrogen (secondary N) is 1. The van der Waals surface area contributed by atoms with E-state index in [9.17, 15) is 4.39 Å². The lowest BCUT2D eigenvalue weighted by Crippen LogP contribution is -2.43. The van der Waals surface area contributed by atoms with Crippen LogP contribution in [-0.2, 0) is 0 Å². The van der Waals surface area contributed by atoms with Crippen LogP contribution >= 0.6 is 0 Å². The summed E-state index contributed by atoms with van der Waals surface area (Å²) in [6, 6.07) is 6.99. The highest BCUT2D eigenvalue weighted by molar-refractivity contribution is 5.20. The van der Waals surface area contributed by atoms with Gasteiger partial charge in [-0.1, -0.05) is 51.7 Å². The van der Waals surface area contributed by atoms with Crippen molar-refractivity contribution in [1.29, 1.82) is 0 Å². The third kappa shape index (κ3) is 5.39. The fraction of sp³-hybridized carbons (Fsp3) is 0.700. The molecule has 2 heteroatoms. The van der Waals surface area contributed by atoms with Gasteiger partial charge in [-0.2, -0.15) is 0 Å². The average Bonchev–Trinajstić information content (AvgIpc) is 2.47. The molecule has 0 spiro atoms. The molecule has 2 rings (SSSR count).